The van der Waals surface area contributed by atoms with E-state index in [9.17, 15) is 4.79 Å². The largest absolute Gasteiger partial charge is 0.494 e. The molecule has 0 bridgehead atoms. The van der Waals surface area contributed by atoms with Crippen molar-refractivity contribution in [1.82, 2.24) is 4.98 Å². The Bertz CT molecular complexity index is 895. The Labute approximate surface area is 153 Å². The molecule has 0 aliphatic carbocycles. The second-order valence-corrected chi connectivity index (χ2v) is 7.20. The number of anilines is 1. The van der Waals surface area contributed by atoms with Gasteiger partial charge in [-0.25, -0.2) is 4.98 Å². The summed E-state index contributed by atoms with van der Waals surface area (Å²) in [5, 5.41) is 3.78. The van der Waals surface area contributed by atoms with Gasteiger partial charge in [0.25, 0.3) is 5.91 Å². The van der Waals surface area contributed by atoms with Gasteiger partial charge in [0, 0.05) is 4.90 Å². The highest BCUT2D eigenvalue weighted by molar-refractivity contribution is 7.98. The van der Waals surface area contributed by atoms with Crippen molar-refractivity contribution in [3.05, 3.63) is 47.0 Å². The van der Waals surface area contributed by atoms with Crippen LogP contribution in [0.25, 0.3) is 10.2 Å². The lowest BCUT2D eigenvalue weighted by Gasteiger charge is -2.05. The van der Waals surface area contributed by atoms with Crippen LogP contribution in [-0.4, -0.2) is 23.8 Å². The molecule has 0 atom stereocenters. The van der Waals surface area contributed by atoms with Crippen LogP contribution in [0.2, 0.25) is 5.02 Å². The normalized spacial score (nSPS) is 10.8. The number of carbonyl (C=O) groups is 1. The first-order valence-electron chi connectivity index (χ1n) is 7.29. The predicted octanol–water partition coefficient (Wildman–Crippen LogP) is 5.32. The van der Waals surface area contributed by atoms with Gasteiger partial charge in [0.1, 0.15) is 5.75 Å². The van der Waals surface area contributed by atoms with Crippen molar-refractivity contribution in [3.8, 4) is 5.75 Å². The van der Waals surface area contributed by atoms with Gasteiger partial charge in [0.15, 0.2) is 5.13 Å². The number of nitrogens with zero attached hydrogens (tertiary/aromatic N) is 1. The SMILES string of the molecule is CCOc1ccc2nc(NC(=O)c3cc(SC)ccc3Cl)sc2c1. The molecular weight excluding hydrogens is 364 g/mol. The molecule has 0 unspecified atom stereocenters. The second kappa shape index (κ2) is 7.42. The molecule has 0 fully saturated rings. The van der Waals surface area contributed by atoms with Crippen molar-refractivity contribution >= 4 is 56.0 Å². The van der Waals surface area contributed by atoms with Gasteiger partial charge in [-0.15, -0.1) is 11.8 Å². The molecule has 2 aromatic carbocycles. The monoisotopic (exact) mass is 378 g/mol. The van der Waals surface area contributed by atoms with Gasteiger partial charge in [0.2, 0.25) is 0 Å². The molecule has 3 aromatic rings. The van der Waals surface area contributed by atoms with Crippen molar-refractivity contribution in [1.29, 1.82) is 0 Å². The number of benzene rings is 2. The van der Waals surface area contributed by atoms with Crippen LogP contribution in [0, 0.1) is 0 Å². The lowest BCUT2D eigenvalue weighted by Crippen LogP contribution is -2.12. The van der Waals surface area contributed by atoms with Gasteiger partial charge in [-0.2, -0.15) is 0 Å². The fourth-order valence-corrected chi connectivity index (χ4v) is 3.72. The molecule has 0 radical (unpaired) electrons. The quantitative estimate of drug-likeness (QED) is 0.610. The van der Waals surface area contributed by atoms with E-state index in [4.69, 9.17) is 16.3 Å². The fraction of sp³-hybridized carbons (Fsp3) is 0.176. The number of nitrogens with one attached hydrogen (secondary N) is 1. The first kappa shape index (κ1) is 17.1. The lowest BCUT2D eigenvalue weighted by molar-refractivity contribution is 0.102. The van der Waals surface area contributed by atoms with Gasteiger partial charge >= 0.3 is 0 Å². The first-order chi connectivity index (χ1) is 11.6. The summed E-state index contributed by atoms with van der Waals surface area (Å²) in [5.74, 6) is 0.530. The molecule has 4 nitrogen and oxygen atoms in total. The summed E-state index contributed by atoms with van der Waals surface area (Å²) in [4.78, 5) is 17.9. The zero-order valence-electron chi connectivity index (χ0n) is 13.1. The van der Waals surface area contributed by atoms with E-state index in [-0.39, 0.29) is 5.91 Å². The summed E-state index contributed by atoms with van der Waals surface area (Å²) in [5.41, 5.74) is 1.26. The molecule has 3 rings (SSSR count). The van der Waals surface area contributed by atoms with E-state index in [1.54, 1.807) is 23.9 Å². The number of rotatable bonds is 5. The molecule has 1 aromatic heterocycles. The van der Waals surface area contributed by atoms with Gasteiger partial charge < -0.3 is 4.74 Å². The van der Waals surface area contributed by atoms with Gasteiger partial charge in [0.05, 0.1) is 27.4 Å². The molecule has 0 saturated carbocycles. The summed E-state index contributed by atoms with van der Waals surface area (Å²) >= 11 is 9.11. The summed E-state index contributed by atoms with van der Waals surface area (Å²) in [6, 6.07) is 11.1. The number of amides is 1. The lowest BCUT2D eigenvalue weighted by atomic mass is 10.2. The topological polar surface area (TPSA) is 51.2 Å². The van der Waals surface area contributed by atoms with Gasteiger partial charge in [-0.1, -0.05) is 22.9 Å². The maximum Gasteiger partial charge on any atom is 0.258 e. The van der Waals surface area contributed by atoms with E-state index in [0.717, 1.165) is 20.9 Å². The van der Waals surface area contributed by atoms with Crippen LogP contribution in [0.1, 0.15) is 17.3 Å². The third kappa shape index (κ3) is 3.66. The van der Waals surface area contributed by atoms with E-state index in [0.29, 0.717) is 22.3 Å². The van der Waals surface area contributed by atoms with Crippen LogP contribution in [0.5, 0.6) is 5.75 Å². The van der Waals surface area contributed by atoms with E-state index in [1.165, 1.54) is 11.3 Å². The Morgan fingerprint density at radius 1 is 1.33 bits per heavy atom. The third-order valence-corrected chi connectivity index (χ3v) is 5.30. The van der Waals surface area contributed by atoms with Crippen LogP contribution in [0.15, 0.2) is 41.3 Å². The maximum atomic E-state index is 12.5. The number of fused-ring (bicyclic) bond motifs is 1. The molecule has 0 saturated heterocycles. The highest BCUT2D eigenvalue weighted by Gasteiger charge is 2.14. The van der Waals surface area contributed by atoms with E-state index in [2.05, 4.69) is 10.3 Å². The number of carbonyl (C=O) groups excluding carboxylic acids is 1. The summed E-state index contributed by atoms with van der Waals surface area (Å²) in [7, 11) is 0. The molecule has 0 aliphatic rings. The molecule has 1 amide bonds. The molecule has 7 heteroatoms. The molecular formula is C17H15ClN2O2S2. The van der Waals surface area contributed by atoms with Crippen molar-refractivity contribution in [2.75, 3.05) is 18.2 Å². The molecule has 24 heavy (non-hydrogen) atoms. The van der Waals surface area contributed by atoms with E-state index < -0.39 is 0 Å². The second-order valence-electron chi connectivity index (χ2n) is 4.88. The average molecular weight is 379 g/mol. The minimum Gasteiger partial charge on any atom is -0.494 e. The molecule has 1 heterocycles. The minimum absolute atomic E-state index is 0.264. The number of thioether (sulfide) groups is 1. The van der Waals surface area contributed by atoms with Crippen molar-refractivity contribution in [2.45, 2.75) is 11.8 Å². The number of hydrogen-bond donors (Lipinski definition) is 1. The molecule has 0 aliphatic heterocycles. The van der Waals surface area contributed by atoms with E-state index in [1.807, 2.05) is 37.4 Å². The Morgan fingerprint density at radius 2 is 2.17 bits per heavy atom. The van der Waals surface area contributed by atoms with Crippen LogP contribution >= 0.6 is 34.7 Å². The van der Waals surface area contributed by atoms with Gasteiger partial charge in [-0.05, 0) is 49.6 Å². The standard InChI is InChI=1S/C17H15ClN2O2S2/c1-3-22-10-4-7-14-15(8-10)24-17(19-14)20-16(21)12-9-11(23-2)5-6-13(12)18/h4-9H,3H2,1-2H3,(H,19,20,21). The van der Waals surface area contributed by atoms with E-state index >= 15 is 0 Å². The number of hydrogen-bond acceptors (Lipinski definition) is 5. The molecule has 0 spiro atoms. The summed E-state index contributed by atoms with van der Waals surface area (Å²) in [6.07, 6.45) is 1.95. The minimum atomic E-state index is -0.264. The van der Waals surface area contributed by atoms with Crippen molar-refractivity contribution in [3.63, 3.8) is 0 Å². The first-order valence-corrected chi connectivity index (χ1v) is 9.71. The Kier molecular flexibility index (Phi) is 5.28. The zero-order chi connectivity index (χ0) is 17.1. The van der Waals surface area contributed by atoms with Gasteiger partial charge in [-0.3, -0.25) is 10.1 Å². The summed E-state index contributed by atoms with van der Waals surface area (Å²) < 4.78 is 6.45. The number of thiazole rings is 1. The molecule has 1 N–H and O–H groups in total. The van der Waals surface area contributed by atoms with Crippen LogP contribution < -0.4 is 10.1 Å². The zero-order valence-corrected chi connectivity index (χ0v) is 15.5. The van der Waals surface area contributed by atoms with Crippen LogP contribution in [0.3, 0.4) is 0 Å². The highest BCUT2D eigenvalue weighted by atomic mass is 35.5. The number of aromatic nitrogens is 1. The average Bonchev–Trinajstić information content (AvgIpc) is 2.97. The maximum absolute atomic E-state index is 12.5. The smallest absolute Gasteiger partial charge is 0.258 e. The predicted molar refractivity (Wildman–Crippen MR) is 102 cm³/mol. The molecule has 124 valence electrons. The summed E-state index contributed by atoms with van der Waals surface area (Å²) in [6.45, 7) is 2.55. The fourth-order valence-electron chi connectivity index (χ4n) is 2.18. The van der Waals surface area contributed by atoms with Crippen LogP contribution in [0.4, 0.5) is 5.13 Å². The van der Waals surface area contributed by atoms with Crippen molar-refractivity contribution < 1.29 is 9.53 Å². The Morgan fingerprint density at radius 3 is 2.92 bits per heavy atom. The Hall–Kier alpha value is -1.76. The highest BCUT2D eigenvalue weighted by Crippen LogP contribution is 2.30. The van der Waals surface area contributed by atoms with Crippen LogP contribution in [-0.2, 0) is 0 Å². The number of halogens is 1. The van der Waals surface area contributed by atoms with Crippen molar-refractivity contribution in [2.24, 2.45) is 0 Å². The third-order valence-electron chi connectivity index (χ3n) is 3.31. The Balaban J connectivity index is 1.85. The number of ether oxygens (including phenoxy) is 1.